The Bertz CT molecular complexity index is 156. The molecule has 0 unspecified atom stereocenters. The summed E-state index contributed by atoms with van der Waals surface area (Å²) < 4.78 is 60.0. The molecular weight excluding hydrogens is 183 g/mol. The van der Waals surface area contributed by atoms with Gasteiger partial charge in [-0.1, -0.05) is 0 Å². The molecule has 0 bridgehead atoms. The van der Waals surface area contributed by atoms with Crippen LogP contribution in [0.2, 0.25) is 0 Å². The van der Waals surface area contributed by atoms with Gasteiger partial charge in [-0.25, -0.2) is 8.42 Å². The Kier molecular flexibility index (Phi) is 13.3. The fourth-order valence-electron chi connectivity index (χ4n) is 0. The van der Waals surface area contributed by atoms with Crippen LogP contribution in [0, 0.1) is 0 Å². The number of rotatable bonds is 1. The van der Waals surface area contributed by atoms with E-state index in [1.165, 1.54) is 0 Å². The van der Waals surface area contributed by atoms with Crippen LogP contribution >= 0.6 is 0 Å². The van der Waals surface area contributed by atoms with E-state index in [4.69, 9.17) is 0 Å². The standard InChI is InChI=1S/CH4O4S.BF3.Li/c1-5-6(2,3)4;2-1(3)4;/h1H3,(H,2,3,4);;/q;;+1/p-1. The van der Waals surface area contributed by atoms with Crippen LogP contribution in [-0.4, -0.2) is 27.6 Å². The van der Waals surface area contributed by atoms with Crippen LogP contribution in [-0.2, 0) is 14.6 Å². The molecule has 0 fully saturated rings. The predicted molar refractivity (Wildman–Crippen MR) is 25.8 cm³/mol. The first-order valence-corrected chi connectivity index (χ1v) is 3.06. The zero-order valence-corrected chi connectivity index (χ0v) is 6.57. The minimum Gasteiger partial charge on any atom is -0.726 e. The normalized spacial score (nSPS) is 8.82. The van der Waals surface area contributed by atoms with Gasteiger partial charge in [0.15, 0.2) is 0 Å². The average Bonchev–Trinajstić information content (AvgIpc) is 1.63. The molecular formula is CH3BF3LiO4S. The SMILES string of the molecule is COS(=O)(=O)[O-].FB(F)F.[Li+]. The first kappa shape index (κ1) is 17.4. The molecule has 0 saturated heterocycles. The molecule has 4 nitrogen and oxygen atoms in total. The van der Waals surface area contributed by atoms with Gasteiger partial charge in [0.25, 0.3) is 0 Å². The Balaban J connectivity index is -0.000000114. The molecule has 0 aliphatic rings. The first-order chi connectivity index (χ1) is 4.29. The number of hydrogen-bond acceptors (Lipinski definition) is 4. The Hall–Kier alpha value is 0.322. The van der Waals surface area contributed by atoms with E-state index in [2.05, 4.69) is 4.18 Å². The van der Waals surface area contributed by atoms with Gasteiger partial charge in [-0.2, -0.15) is 0 Å². The van der Waals surface area contributed by atoms with Crippen molar-refractivity contribution in [2.45, 2.75) is 0 Å². The second kappa shape index (κ2) is 8.42. The summed E-state index contributed by atoms with van der Waals surface area (Å²) in [6.07, 6.45) is 0. The molecule has 0 spiro atoms. The Morgan fingerprint density at radius 2 is 1.45 bits per heavy atom. The van der Waals surface area contributed by atoms with Crippen LogP contribution in [0.4, 0.5) is 12.9 Å². The summed E-state index contributed by atoms with van der Waals surface area (Å²) in [5.74, 6) is 0. The van der Waals surface area contributed by atoms with Crippen molar-refractivity contribution in [2.75, 3.05) is 7.11 Å². The van der Waals surface area contributed by atoms with Gasteiger partial charge >= 0.3 is 26.4 Å². The van der Waals surface area contributed by atoms with Crippen molar-refractivity contribution >= 4 is 17.9 Å². The van der Waals surface area contributed by atoms with Crippen molar-refractivity contribution in [1.82, 2.24) is 0 Å². The topological polar surface area (TPSA) is 66.4 Å². The van der Waals surface area contributed by atoms with Crippen molar-refractivity contribution < 1.29 is 49.0 Å². The predicted octanol–water partition coefficient (Wildman–Crippen LogP) is -3.02. The van der Waals surface area contributed by atoms with E-state index in [0.29, 0.717) is 0 Å². The van der Waals surface area contributed by atoms with E-state index in [0.717, 1.165) is 7.11 Å². The van der Waals surface area contributed by atoms with Crippen LogP contribution in [0.3, 0.4) is 0 Å². The van der Waals surface area contributed by atoms with Crippen molar-refractivity contribution in [3.8, 4) is 0 Å². The maximum atomic E-state index is 9.67. The van der Waals surface area contributed by atoms with Crippen LogP contribution in [0.1, 0.15) is 0 Å². The fraction of sp³-hybridized carbons (Fsp3) is 1.00. The van der Waals surface area contributed by atoms with Crippen molar-refractivity contribution in [3.05, 3.63) is 0 Å². The van der Waals surface area contributed by atoms with Gasteiger partial charge < -0.3 is 4.55 Å². The van der Waals surface area contributed by atoms with Gasteiger partial charge in [-0.15, -0.1) is 0 Å². The summed E-state index contributed by atoms with van der Waals surface area (Å²) in [5, 5.41) is 0. The van der Waals surface area contributed by atoms with Gasteiger partial charge in [0, 0.05) is 0 Å². The fourth-order valence-corrected chi connectivity index (χ4v) is 0. The molecule has 0 aliphatic carbocycles. The van der Waals surface area contributed by atoms with Crippen molar-refractivity contribution in [3.63, 3.8) is 0 Å². The quantitative estimate of drug-likeness (QED) is 0.248. The smallest absolute Gasteiger partial charge is 0.726 e. The summed E-state index contributed by atoms with van der Waals surface area (Å²) in [6, 6.07) is 0. The molecule has 0 aromatic carbocycles. The third-order valence-corrected chi connectivity index (χ3v) is 0.612. The minimum absolute atomic E-state index is 0. The molecule has 11 heavy (non-hydrogen) atoms. The van der Waals surface area contributed by atoms with Gasteiger partial charge in [-0.05, 0) is 0 Å². The van der Waals surface area contributed by atoms with Crippen LogP contribution in [0.5, 0.6) is 0 Å². The van der Waals surface area contributed by atoms with Gasteiger partial charge in [0.1, 0.15) is 0 Å². The molecule has 0 N–H and O–H groups in total. The van der Waals surface area contributed by atoms with E-state index in [1.54, 1.807) is 0 Å². The Morgan fingerprint density at radius 3 is 1.45 bits per heavy atom. The molecule has 0 radical (unpaired) electrons. The minimum atomic E-state index is -4.41. The van der Waals surface area contributed by atoms with E-state index in [9.17, 15) is 25.9 Å². The Labute approximate surface area is 74.5 Å². The number of halogens is 3. The first-order valence-electron chi connectivity index (χ1n) is 1.73. The molecule has 0 aromatic rings. The Morgan fingerprint density at radius 1 is 1.36 bits per heavy atom. The zero-order chi connectivity index (χ0) is 8.78. The summed E-state index contributed by atoms with van der Waals surface area (Å²) >= 11 is 0. The van der Waals surface area contributed by atoms with E-state index in [-0.39, 0.29) is 18.9 Å². The second-order valence-corrected chi connectivity index (χ2v) is 1.97. The van der Waals surface area contributed by atoms with E-state index in [1.807, 2.05) is 0 Å². The molecule has 0 heterocycles. The third kappa shape index (κ3) is 64.8. The van der Waals surface area contributed by atoms with Crippen LogP contribution in [0.15, 0.2) is 0 Å². The second-order valence-electron chi connectivity index (χ2n) is 0.822. The molecule has 0 aromatic heterocycles. The molecule has 0 atom stereocenters. The van der Waals surface area contributed by atoms with Gasteiger partial charge in [0.2, 0.25) is 10.4 Å². The van der Waals surface area contributed by atoms with Crippen LogP contribution in [0.25, 0.3) is 0 Å². The molecule has 0 amide bonds. The zero-order valence-electron chi connectivity index (χ0n) is 5.75. The van der Waals surface area contributed by atoms with Crippen molar-refractivity contribution in [1.29, 1.82) is 0 Å². The molecule has 0 aliphatic heterocycles. The number of hydrogen-bond donors (Lipinski definition) is 0. The average molecular weight is 186 g/mol. The van der Waals surface area contributed by atoms with Crippen LogP contribution < -0.4 is 18.9 Å². The molecule has 0 saturated carbocycles. The largest absolute Gasteiger partial charge is 1.00 e. The van der Waals surface area contributed by atoms with Crippen molar-refractivity contribution in [2.24, 2.45) is 0 Å². The van der Waals surface area contributed by atoms with E-state index >= 15 is 0 Å². The summed E-state index contributed by atoms with van der Waals surface area (Å²) in [5.41, 5.74) is 0. The summed E-state index contributed by atoms with van der Waals surface area (Å²) in [7, 11) is -7.27. The molecule has 0 rings (SSSR count). The summed E-state index contributed by atoms with van der Waals surface area (Å²) in [6.45, 7) is 0. The summed E-state index contributed by atoms with van der Waals surface area (Å²) in [4.78, 5) is 0. The maximum Gasteiger partial charge on any atom is 1.00 e. The molecule has 62 valence electrons. The van der Waals surface area contributed by atoms with E-state index < -0.39 is 17.9 Å². The third-order valence-electron chi connectivity index (χ3n) is 0.204. The van der Waals surface area contributed by atoms with Gasteiger partial charge in [-0.3, -0.25) is 17.1 Å². The maximum absolute atomic E-state index is 9.67. The molecule has 10 heteroatoms. The monoisotopic (exact) mass is 186 g/mol. The van der Waals surface area contributed by atoms with Gasteiger partial charge in [0.05, 0.1) is 7.11 Å².